The monoisotopic (exact) mass is 435 g/mol. The minimum atomic E-state index is -3.01. The highest BCUT2D eigenvalue weighted by Gasteiger charge is 2.56. The highest BCUT2D eigenvalue weighted by atomic mass is 19.3. The molecule has 1 aliphatic rings. The molecule has 1 aromatic rings. The van der Waals surface area contributed by atoms with Crippen LogP contribution in [0.25, 0.3) is 0 Å². The number of nitrogens with one attached hydrogen (secondary N) is 1. The fraction of sp³-hybridized carbons (Fsp3) is 0.556. The van der Waals surface area contributed by atoms with Crippen LogP contribution in [-0.2, 0) is 14.3 Å². The molecule has 0 aliphatic carbocycles. The lowest BCUT2D eigenvalue weighted by molar-refractivity contribution is -0.284. The number of hydrogen-bond donors (Lipinski definition) is 6. The van der Waals surface area contributed by atoms with Crippen molar-refractivity contribution < 1.29 is 53.4 Å². The van der Waals surface area contributed by atoms with Gasteiger partial charge in [0.15, 0.2) is 0 Å². The Morgan fingerprint density at radius 2 is 1.97 bits per heavy atom. The number of amides is 1. The second-order valence-corrected chi connectivity index (χ2v) is 6.82. The van der Waals surface area contributed by atoms with Gasteiger partial charge in [0.2, 0.25) is 5.91 Å². The lowest BCUT2D eigenvalue weighted by Gasteiger charge is -2.46. The lowest BCUT2D eigenvalue weighted by atomic mass is 9.88. The predicted octanol–water partition coefficient (Wildman–Crippen LogP) is -0.847. The number of carboxylic acids is 1. The van der Waals surface area contributed by atoms with Crippen molar-refractivity contribution in [1.82, 2.24) is 5.32 Å². The first-order chi connectivity index (χ1) is 14.0. The first kappa shape index (κ1) is 23.9. The van der Waals surface area contributed by atoms with Gasteiger partial charge in [0.1, 0.15) is 24.1 Å². The number of halogens is 2. The molecule has 30 heavy (non-hydrogen) atoms. The van der Waals surface area contributed by atoms with E-state index in [-0.39, 0.29) is 0 Å². The Balaban J connectivity index is 2.47. The minimum absolute atomic E-state index is 0.531. The molecular formula is C18H23F2NO9. The van der Waals surface area contributed by atoms with Gasteiger partial charge in [-0.05, 0) is 12.1 Å². The van der Waals surface area contributed by atoms with E-state index in [0.717, 1.165) is 19.1 Å². The number of rotatable bonds is 8. The lowest BCUT2D eigenvalue weighted by Crippen LogP contribution is -2.68. The average Bonchev–Trinajstić information content (AvgIpc) is 2.68. The van der Waals surface area contributed by atoms with E-state index in [2.05, 4.69) is 5.32 Å². The van der Waals surface area contributed by atoms with E-state index in [9.17, 15) is 38.8 Å². The summed E-state index contributed by atoms with van der Waals surface area (Å²) in [5.41, 5.74) is -0.632. The van der Waals surface area contributed by atoms with Crippen molar-refractivity contribution in [1.29, 1.82) is 0 Å². The first-order valence-corrected chi connectivity index (χ1v) is 8.92. The van der Waals surface area contributed by atoms with Crippen LogP contribution in [0.15, 0.2) is 24.3 Å². The van der Waals surface area contributed by atoms with Crippen molar-refractivity contribution in [3.63, 3.8) is 0 Å². The predicted molar refractivity (Wildman–Crippen MR) is 94.6 cm³/mol. The Labute approximate surface area is 169 Å². The number of benzene rings is 1. The topological polar surface area (TPSA) is 166 Å². The van der Waals surface area contributed by atoms with Crippen LogP contribution >= 0.6 is 0 Å². The number of alkyl halides is 2. The summed E-state index contributed by atoms with van der Waals surface area (Å²) in [7, 11) is 0. The van der Waals surface area contributed by atoms with Gasteiger partial charge >= 0.3 is 11.8 Å². The van der Waals surface area contributed by atoms with Gasteiger partial charge in [0.25, 0.3) is 6.43 Å². The summed E-state index contributed by atoms with van der Waals surface area (Å²) in [5.74, 6) is -5.73. The molecule has 12 heteroatoms. The van der Waals surface area contributed by atoms with Crippen LogP contribution in [0.1, 0.15) is 25.3 Å². The molecule has 1 amide bonds. The third-order valence-electron chi connectivity index (χ3n) is 4.62. The van der Waals surface area contributed by atoms with E-state index < -0.39 is 78.9 Å². The molecule has 0 aromatic heterocycles. The number of aliphatic hydroxyl groups is 4. The second kappa shape index (κ2) is 9.62. The number of para-hydroxylation sites is 1. The van der Waals surface area contributed by atoms with E-state index in [1.807, 2.05) is 0 Å². The van der Waals surface area contributed by atoms with Gasteiger partial charge in [0, 0.05) is 6.92 Å². The van der Waals surface area contributed by atoms with Gasteiger partial charge in [0.05, 0.1) is 30.7 Å². The Morgan fingerprint density at radius 1 is 1.33 bits per heavy atom. The van der Waals surface area contributed by atoms with Gasteiger partial charge in [-0.25, -0.2) is 13.6 Å². The van der Waals surface area contributed by atoms with Gasteiger partial charge in [-0.1, -0.05) is 12.1 Å². The largest absolute Gasteiger partial charge is 0.476 e. The normalized spacial score (nSPS) is 28.6. The molecule has 0 saturated carbocycles. The Hall–Kier alpha value is -2.38. The molecule has 0 radical (unpaired) electrons. The van der Waals surface area contributed by atoms with E-state index in [0.29, 0.717) is 0 Å². The summed E-state index contributed by atoms with van der Waals surface area (Å²) in [5, 5.41) is 51.7. The zero-order valence-electron chi connectivity index (χ0n) is 15.8. The van der Waals surface area contributed by atoms with E-state index in [1.165, 1.54) is 12.1 Å². The Bertz CT molecular complexity index is 765. The summed E-state index contributed by atoms with van der Waals surface area (Å²) in [6.07, 6.45) is -11.0. The van der Waals surface area contributed by atoms with Crippen LogP contribution in [0.5, 0.6) is 5.75 Å². The van der Waals surface area contributed by atoms with Gasteiger partial charge in [-0.15, -0.1) is 0 Å². The highest BCUT2D eigenvalue weighted by Crippen LogP contribution is 2.37. The quantitative estimate of drug-likeness (QED) is 0.305. The summed E-state index contributed by atoms with van der Waals surface area (Å²) < 4.78 is 37.2. The van der Waals surface area contributed by atoms with Crippen molar-refractivity contribution in [2.24, 2.45) is 0 Å². The van der Waals surface area contributed by atoms with Gasteiger partial charge < -0.3 is 40.3 Å². The van der Waals surface area contributed by atoms with E-state index in [1.54, 1.807) is 0 Å². The number of carboxylic acid groups (broad SMARTS) is 1. The summed E-state index contributed by atoms with van der Waals surface area (Å²) >= 11 is 0. The van der Waals surface area contributed by atoms with Crippen LogP contribution in [-0.4, -0.2) is 80.3 Å². The van der Waals surface area contributed by atoms with E-state index in [4.69, 9.17) is 14.6 Å². The van der Waals surface area contributed by atoms with Crippen molar-refractivity contribution >= 4 is 11.9 Å². The smallest absolute Gasteiger partial charge is 0.377 e. The third-order valence-corrected chi connectivity index (χ3v) is 4.62. The van der Waals surface area contributed by atoms with Crippen LogP contribution in [0.2, 0.25) is 0 Å². The summed E-state index contributed by atoms with van der Waals surface area (Å²) in [6.45, 7) is 0.145. The SMILES string of the molecule is CC(=O)N[C@H]1[C@H]([C@H](O)[C@H](O)CO)O[C@@](Oc2ccccc2C(F)F)(C(=O)O)C[C@@H]1O. The molecule has 1 heterocycles. The molecule has 6 N–H and O–H groups in total. The maximum atomic E-state index is 13.3. The molecule has 1 fully saturated rings. The summed E-state index contributed by atoms with van der Waals surface area (Å²) in [4.78, 5) is 23.5. The van der Waals surface area contributed by atoms with Crippen LogP contribution < -0.4 is 10.1 Å². The zero-order valence-corrected chi connectivity index (χ0v) is 15.8. The van der Waals surface area contributed by atoms with Crippen molar-refractivity contribution in [2.75, 3.05) is 6.61 Å². The maximum absolute atomic E-state index is 13.3. The number of aliphatic carboxylic acids is 1. The Morgan fingerprint density at radius 3 is 2.50 bits per heavy atom. The first-order valence-electron chi connectivity index (χ1n) is 8.92. The molecule has 6 atom stereocenters. The molecule has 1 saturated heterocycles. The number of ether oxygens (including phenoxy) is 2. The van der Waals surface area contributed by atoms with Crippen molar-refractivity contribution in [3.8, 4) is 5.75 Å². The highest BCUT2D eigenvalue weighted by molar-refractivity contribution is 5.77. The molecule has 1 aromatic carbocycles. The molecule has 0 spiro atoms. The molecule has 1 aliphatic heterocycles. The number of aliphatic hydroxyl groups excluding tert-OH is 4. The molecular weight excluding hydrogens is 412 g/mol. The summed E-state index contributed by atoms with van der Waals surface area (Å²) in [6, 6.07) is 3.31. The molecule has 0 bridgehead atoms. The number of carbonyl (C=O) groups is 2. The standard InChI is InChI=1S/C18H23F2NO9/c1-8(23)21-13-10(24)6-18(17(27)28,30-15(13)14(26)11(25)7-22)29-12-5-3-2-4-9(12)16(19)20/h2-5,10-11,13-16,22,24-26H,6-7H2,1H3,(H,21,23)(H,27,28)/t10-,11+,13+,14+,15+,18+/m0/s1. The van der Waals surface area contributed by atoms with Crippen molar-refractivity contribution in [3.05, 3.63) is 29.8 Å². The Kier molecular flexibility index (Phi) is 7.66. The van der Waals surface area contributed by atoms with Gasteiger partial charge in [-0.3, -0.25) is 4.79 Å². The molecule has 168 valence electrons. The molecule has 2 rings (SSSR count). The third kappa shape index (κ3) is 5.02. The fourth-order valence-electron chi connectivity index (χ4n) is 3.16. The number of carbonyl (C=O) groups excluding carboxylic acids is 1. The minimum Gasteiger partial charge on any atom is -0.476 e. The van der Waals surface area contributed by atoms with Crippen molar-refractivity contribution in [2.45, 2.75) is 56.0 Å². The fourth-order valence-corrected chi connectivity index (χ4v) is 3.16. The number of hydrogen-bond acceptors (Lipinski definition) is 8. The molecule has 10 nitrogen and oxygen atoms in total. The van der Waals surface area contributed by atoms with Crippen LogP contribution in [0.3, 0.4) is 0 Å². The zero-order chi connectivity index (χ0) is 22.6. The molecule has 0 unspecified atom stereocenters. The second-order valence-electron chi connectivity index (χ2n) is 6.82. The maximum Gasteiger partial charge on any atom is 0.377 e. The van der Waals surface area contributed by atoms with E-state index >= 15 is 0 Å². The van der Waals surface area contributed by atoms with Crippen LogP contribution in [0, 0.1) is 0 Å². The average molecular weight is 435 g/mol. The van der Waals surface area contributed by atoms with Crippen LogP contribution in [0.4, 0.5) is 8.78 Å². The van der Waals surface area contributed by atoms with Gasteiger partial charge in [-0.2, -0.15) is 0 Å².